The Morgan fingerprint density at radius 3 is 2.83 bits per heavy atom. The predicted octanol–water partition coefficient (Wildman–Crippen LogP) is 2.04. The van der Waals surface area contributed by atoms with Crippen LogP contribution >= 0.6 is 11.8 Å². The Hall–Kier alpha value is -1.49. The van der Waals surface area contributed by atoms with Crippen molar-refractivity contribution >= 4 is 29.6 Å². The summed E-state index contributed by atoms with van der Waals surface area (Å²) >= 11 is 1.97. The zero-order valence-electron chi connectivity index (χ0n) is 10.3. The number of aryl methyl sites for hydroxylation is 1. The highest BCUT2D eigenvalue weighted by Crippen LogP contribution is 2.21. The first-order chi connectivity index (χ1) is 8.66. The molecule has 2 heterocycles. The molecule has 0 saturated carbocycles. The van der Waals surface area contributed by atoms with Gasteiger partial charge >= 0.3 is 5.97 Å². The maximum Gasteiger partial charge on any atom is 0.328 e. The molecular weight excluding hydrogens is 248 g/mol. The van der Waals surface area contributed by atoms with E-state index < -0.39 is 5.97 Å². The van der Waals surface area contributed by atoms with Gasteiger partial charge in [0.25, 0.3) is 0 Å². The molecule has 1 fully saturated rings. The quantitative estimate of drug-likeness (QED) is 0.847. The molecule has 0 bridgehead atoms. The maximum absolute atomic E-state index is 10.5. The third kappa shape index (κ3) is 3.26. The van der Waals surface area contributed by atoms with Crippen LogP contribution in [0.15, 0.2) is 18.3 Å². The van der Waals surface area contributed by atoms with Crippen molar-refractivity contribution in [2.24, 2.45) is 0 Å². The fourth-order valence-electron chi connectivity index (χ4n) is 1.95. The molecule has 0 amide bonds. The van der Waals surface area contributed by atoms with Crippen molar-refractivity contribution in [3.63, 3.8) is 0 Å². The molecule has 1 aliphatic rings. The van der Waals surface area contributed by atoms with E-state index in [4.69, 9.17) is 5.11 Å². The minimum absolute atomic E-state index is 0.824. The number of hydrogen-bond donors (Lipinski definition) is 1. The van der Waals surface area contributed by atoms with E-state index in [1.165, 1.54) is 0 Å². The van der Waals surface area contributed by atoms with E-state index >= 15 is 0 Å². The van der Waals surface area contributed by atoms with Crippen LogP contribution in [0.1, 0.15) is 11.1 Å². The summed E-state index contributed by atoms with van der Waals surface area (Å²) in [6.07, 6.45) is 4.43. The molecule has 0 radical (unpaired) electrons. The van der Waals surface area contributed by atoms with Crippen molar-refractivity contribution in [2.75, 3.05) is 29.5 Å². The zero-order valence-corrected chi connectivity index (χ0v) is 11.1. The Balaban J connectivity index is 2.16. The van der Waals surface area contributed by atoms with Crippen molar-refractivity contribution in [2.45, 2.75) is 6.92 Å². The summed E-state index contributed by atoms with van der Waals surface area (Å²) < 4.78 is 0. The average Bonchev–Trinajstić information content (AvgIpc) is 2.37. The molecule has 0 aliphatic carbocycles. The number of carboxylic acids is 1. The van der Waals surface area contributed by atoms with Crippen molar-refractivity contribution in [3.8, 4) is 0 Å². The predicted molar refractivity (Wildman–Crippen MR) is 75.2 cm³/mol. The molecule has 1 N–H and O–H groups in total. The third-order valence-corrected chi connectivity index (χ3v) is 3.74. The maximum atomic E-state index is 10.5. The molecule has 1 aromatic heterocycles. The van der Waals surface area contributed by atoms with Gasteiger partial charge in [-0.2, -0.15) is 11.8 Å². The smallest absolute Gasteiger partial charge is 0.328 e. The van der Waals surface area contributed by atoms with Gasteiger partial charge in [-0.25, -0.2) is 9.78 Å². The summed E-state index contributed by atoms with van der Waals surface area (Å²) in [5, 5.41) is 8.58. The van der Waals surface area contributed by atoms with Crippen molar-refractivity contribution in [3.05, 3.63) is 29.5 Å². The van der Waals surface area contributed by atoms with E-state index in [0.29, 0.717) is 0 Å². The molecule has 1 aliphatic heterocycles. The van der Waals surface area contributed by atoms with Gasteiger partial charge in [0.2, 0.25) is 0 Å². The fraction of sp³-hybridized carbons (Fsp3) is 0.385. The Morgan fingerprint density at radius 2 is 2.22 bits per heavy atom. The summed E-state index contributed by atoms with van der Waals surface area (Å²) in [4.78, 5) is 17.2. The Morgan fingerprint density at radius 1 is 1.50 bits per heavy atom. The van der Waals surface area contributed by atoms with Crippen molar-refractivity contribution < 1.29 is 9.90 Å². The minimum Gasteiger partial charge on any atom is -0.478 e. The lowest BCUT2D eigenvalue weighted by Crippen LogP contribution is -2.33. The van der Waals surface area contributed by atoms with Gasteiger partial charge in [0.1, 0.15) is 5.82 Å². The van der Waals surface area contributed by atoms with Crippen molar-refractivity contribution in [1.29, 1.82) is 0 Å². The van der Waals surface area contributed by atoms with Crippen LogP contribution in [0, 0.1) is 6.92 Å². The lowest BCUT2D eigenvalue weighted by molar-refractivity contribution is -0.131. The van der Waals surface area contributed by atoms with Gasteiger partial charge in [-0.05, 0) is 30.2 Å². The van der Waals surface area contributed by atoms with E-state index in [-0.39, 0.29) is 0 Å². The summed E-state index contributed by atoms with van der Waals surface area (Å²) in [6, 6.07) is 1.98. The number of hydrogen-bond acceptors (Lipinski definition) is 4. The van der Waals surface area contributed by atoms with Crippen LogP contribution in [0.5, 0.6) is 0 Å². The number of rotatable bonds is 3. The molecule has 2 rings (SSSR count). The standard InChI is InChI=1S/C13H16N2O2S/c1-10-8-11(2-3-12(16)17)9-14-13(10)15-4-6-18-7-5-15/h2-3,8-9H,4-7H2,1H3,(H,16,17)/b3-2+. The van der Waals surface area contributed by atoms with E-state index in [1.807, 2.05) is 24.8 Å². The van der Waals surface area contributed by atoms with Crippen molar-refractivity contribution in [1.82, 2.24) is 4.98 Å². The fourth-order valence-corrected chi connectivity index (χ4v) is 2.86. The molecule has 96 valence electrons. The number of aromatic nitrogens is 1. The number of pyridine rings is 1. The second-order valence-corrected chi connectivity index (χ2v) is 5.40. The first kappa shape index (κ1) is 13.0. The highest BCUT2D eigenvalue weighted by molar-refractivity contribution is 7.99. The molecule has 5 heteroatoms. The van der Waals surface area contributed by atoms with Gasteiger partial charge in [-0.3, -0.25) is 0 Å². The number of nitrogens with zero attached hydrogens (tertiary/aromatic N) is 2. The first-order valence-corrected chi connectivity index (χ1v) is 7.02. The van der Waals surface area contributed by atoms with Gasteiger partial charge in [0, 0.05) is 36.9 Å². The molecule has 1 saturated heterocycles. The Kier molecular flexibility index (Phi) is 4.25. The summed E-state index contributed by atoms with van der Waals surface area (Å²) in [5.41, 5.74) is 1.92. The first-order valence-electron chi connectivity index (χ1n) is 5.87. The average molecular weight is 264 g/mol. The minimum atomic E-state index is -0.940. The lowest BCUT2D eigenvalue weighted by atomic mass is 10.2. The number of thioether (sulfide) groups is 1. The molecule has 0 atom stereocenters. The largest absolute Gasteiger partial charge is 0.478 e. The third-order valence-electron chi connectivity index (χ3n) is 2.80. The number of aliphatic carboxylic acids is 1. The summed E-state index contributed by atoms with van der Waals surface area (Å²) in [7, 11) is 0. The van der Waals surface area contributed by atoms with Gasteiger partial charge in [-0.15, -0.1) is 0 Å². The topological polar surface area (TPSA) is 53.4 Å². The van der Waals surface area contributed by atoms with Crippen LogP contribution in [0.3, 0.4) is 0 Å². The van der Waals surface area contributed by atoms with Gasteiger partial charge in [-0.1, -0.05) is 0 Å². The Labute approximate surface area is 111 Å². The number of carbonyl (C=O) groups is 1. The molecule has 0 spiro atoms. The zero-order chi connectivity index (χ0) is 13.0. The summed E-state index contributed by atoms with van der Waals surface area (Å²) in [5.74, 6) is 2.36. The molecule has 4 nitrogen and oxygen atoms in total. The monoisotopic (exact) mass is 264 g/mol. The highest BCUT2D eigenvalue weighted by Gasteiger charge is 2.14. The van der Waals surface area contributed by atoms with E-state index in [9.17, 15) is 4.79 Å². The molecular formula is C13H16N2O2S. The van der Waals surface area contributed by atoms with E-state index in [0.717, 1.165) is 47.6 Å². The van der Waals surface area contributed by atoms with Crippen LogP contribution in [-0.2, 0) is 4.79 Å². The van der Waals surface area contributed by atoms with Crippen LogP contribution < -0.4 is 4.90 Å². The molecule has 18 heavy (non-hydrogen) atoms. The second-order valence-electron chi connectivity index (χ2n) is 4.18. The number of carboxylic acid groups (broad SMARTS) is 1. The summed E-state index contributed by atoms with van der Waals surface area (Å²) in [6.45, 7) is 4.08. The molecule has 0 unspecified atom stereocenters. The second kappa shape index (κ2) is 5.91. The van der Waals surface area contributed by atoms with Crippen LogP contribution in [0.2, 0.25) is 0 Å². The normalized spacial score (nSPS) is 16.2. The SMILES string of the molecule is Cc1cc(/C=C/C(=O)O)cnc1N1CCSCC1. The van der Waals surface area contributed by atoms with Crippen LogP contribution in [-0.4, -0.2) is 40.7 Å². The van der Waals surface area contributed by atoms with Gasteiger partial charge < -0.3 is 10.0 Å². The van der Waals surface area contributed by atoms with Crippen LogP contribution in [0.4, 0.5) is 5.82 Å². The Bertz CT molecular complexity index is 468. The highest BCUT2D eigenvalue weighted by atomic mass is 32.2. The van der Waals surface area contributed by atoms with Gasteiger partial charge in [0.15, 0.2) is 0 Å². The molecule has 0 aromatic carbocycles. The van der Waals surface area contributed by atoms with E-state index in [2.05, 4.69) is 9.88 Å². The molecule has 1 aromatic rings. The van der Waals surface area contributed by atoms with E-state index in [1.54, 1.807) is 12.3 Å². The lowest BCUT2D eigenvalue weighted by Gasteiger charge is -2.28. The van der Waals surface area contributed by atoms with Gasteiger partial charge in [0.05, 0.1) is 0 Å². The van der Waals surface area contributed by atoms with Crippen LogP contribution in [0.25, 0.3) is 6.08 Å². The number of anilines is 1.